The molecule has 0 atom stereocenters. The molecule has 0 heterocycles. The van der Waals surface area contributed by atoms with Crippen molar-refractivity contribution in [3.8, 4) is 0 Å². The average Bonchev–Trinajstić information content (AvgIpc) is 2.31. The van der Waals surface area contributed by atoms with E-state index in [2.05, 4.69) is 15.6 Å². The van der Waals surface area contributed by atoms with Crippen LogP contribution in [0.4, 0.5) is 13.2 Å². The van der Waals surface area contributed by atoms with E-state index in [1.807, 2.05) is 0 Å². The predicted molar refractivity (Wildman–Crippen MR) is 84.5 cm³/mol. The number of alkyl halides is 3. The second-order valence-corrected chi connectivity index (χ2v) is 5.58. The second-order valence-electron chi connectivity index (χ2n) is 5.58. The summed E-state index contributed by atoms with van der Waals surface area (Å²) < 4.78 is 37.7. The molecule has 0 radical (unpaired) electrons. The van der Waals surface area contributed by atoms with Crippen LogP contribution in [-0.4, -0.2) is 31.3 Å². The zero-order valence-corrected chi connectivity index (χ0v) is 14.0. The number of aliphatic imine (C=N–C) groups is 1. The number of nitrogens with one attached hydrogen (secondary N) is 2. The summed E-state index contributed by atoms with van der Waals surface area (Å²) in [4.78, 5) is 4.14. The van der Waals surface area contributed by atoms with Gasteiger partial charge in [0, 0.05) is 19.1 Å². The van der Waals surface area contributed by atoms with E-state index >= 15 is 0 Å². The van der Waals surface area contributed by atoms with Gasteiger partial charge >= 0.3 is 6.18 Å². The molecule has 0 bridgehead atoms. The van der Waals surface area contributed by atoms with Crippen LogP contribution < -0.4 is 10.6 Å². The van der Waals surface area contributed by atoms with E-state index in [1.54, 1.807) is 7.05 Å². The van der Waals surface area contributed by atoms with E-state index < -0.39 is 12.1 Å². The minimum absolute atomic E-state index is 0. The van der Waals surface area contributed by atoms with Crippen LogP contribution in [0.1, 0.15) is 44.9 Å². The lowest BCUT2D eigenvalue weighted by molar-refractivity contribution is -0.182. The van der Waals surface area contributed by atoms with Crippen LogP contribution in [0.3, 0.4) is 0 Å². The Labute approximate surface area is 135 Å². The molecule has 0 saturated heterocycles. The maximum Gasteiger partial charge on any atom is 0.391 e. The summed E-state index contributed by atoms with van der Waals surface area (Å²) >= 11 is 0. The summed E-state index contributed by atoms with van der Waals surface area (Å²) in [7, 11) is 1.70. The number of hydrogen-bond acceptors (Lipinski definition) is 1. The molecular formula is C13H23F3IN3. The zero-order chi connectivity index (χ0) is 13.9. The molecule has 2 rings (SSSR count). The van der Waals surface area contributed by atoms with Gasteiger partial charge in [0.2, 0.25) is 0 Å². The quantitative estimate of drug-likeness (QED) is 0.420. The fourth-order valence-electron chi connectivity index (χ4n) is 2.68. The van der Waals surface area contributed by atoms with Crippen molar-refractivity contribution in [3.63, 3.8) is 0 Å². The van der Waals surface area contributed by atoms with E-state index in [4.69, 9.17) is 0 Å². The Morgan fingerprint density at radius 2 is 1.45 bits per heavy atom. The van der Waals surface area contributed by atoms with Crippen molar-refractivity contribution in [1.82, 2.24) is 10.6 Å². The number of hydrogen-bond donors (Lipinski definition) is 2. The van der Waals surface area contributed by atoms with Gasteiger partial charge in [0.15, 0.2) is 5.96 Å². The van der Waals surface area contributed by atoms with Crippen molar-refractivity contribution in [2.75, 3.05) is 7.05 Å². The molecule has 0 amide bonds. The van der Waals surface area contributed by atoms with Crippen molar-refractivity contribution < 1.29 is 13.2 Å². The molecule has 20 heavy (non-hydrogen) atoms. The van der Waals surface area contributed by atoms with Gasteiger partial charge in [0.1, 0.15) is 0 Å². The fraction of sp³-hybridized carbons (Fsp3) is 0.923. The molecule has 0 aromatic rings. The first-order chi connectivity index (χ1) is 8.99. The highest BCUT2D eigenvalue weighted by Crippen LogP contribution is 2.37. The highest BCUT2D eigenvalue weighted by atomic mass is 127. The first-order valence-electron chi connectivity index (χ1n) is 7.05. The molecule has 2 N–H and O–H groups in total. The van der Waals surface area contributed by atoms with Crippen molar-refractivity contribution in [1.29, 1.82) is 0 Å². The molecule has 2 saturated carbocycles. The third-order valence-electron chi connectivity index (χ3n) is 4.20. The Hall–Kier alpha value is -0.210. The van der Waals surface area contributed by atoms with Gasteiger partial charge in [-0.15, -0.1) is 24.0 Å². The number of rotatable bonds is 2. The lowest BCUT2D eigenvalue weighted by Crippen LogP contribution is -2.50. The van der Waals surface area contributed by atoms with Crippen molar-refractivity contribution in [2.24, 2.45) is 10.9 Å². The van der Waals surface area contributed by atoms with Gasteiger partial charge in [0.05, 0.1) is 5.92 Å². The molecule has 0 unspecified atom stereocenters. The molecule has 2 aliphatic carbocycles. The minimum atomic E-state index is -4.03. The summed E-state index contributed by atoms with van der Waals surface area (Å²) in [6.45, 7) is 0. The topological polar surface area (TPSA) is 36.4 Å². The fourth-order valence-corrected chi connectivity index (χ4v) is 2.68. The van der Waals surface area contributed by atoms with Crippen LogP contribution in [0, 0.1) is 5.92 Å². The van der Waals surface area contributed by atoms with Gasteiger partial charge in [-0.25, -0.2) is 0 Å². The predicted octanol–water partition coefficient (Wildman–Crippen LogP) is 3.44. The van der Waals surface area contributed by atoms with Crippen LogP contribution in [-0.2, 0) is 0 Å². The van der Waals surface area contributed by atoms with E-state index in [0.717, 1.165) is 18.8 Å². The highest BCUT2D eigenvalue weighted by molar-refractivity contribution is 14.0. The summed E-state index contributed by atoms with van der Waals surface area (Å²) in [6.07, 6.45) is 1.10. The third-order valence-corrected chi connectivity index (χ3v) is 4.20. The van der Waals surface area contributed by atoms with Gasteiger partial charge in [-0.2, -0.15) is 13.2 Å². The molecule has 3 nitrogen and oxygen atoms in total. The van der Waals surface area contributed by atoms with Gasteiger partial charge in [-0.05, 0) is 44.9 Å². The Bertz CT molecular complexity index is 321. The molecule has 7 heteroatoms. The summed E-state index contributed by atoms with van der Waals surface area (Å²) in [5.74, 6) is -0.382. The van der Waals surface area contributed by atoms with Crippen LogP contribution in [0.15, 0.2) is 4.99 Å². The smallest absolute Gasteiger partial charge is 0.354 e. The Morgan fingerprint density at radius 3 is 1.80 bits per heavy atom. The Balaban J connectivity index is 0.00000200. The summed E-state index contributed by atoms with van der Waals surface area (Å²) in [5, 5.41) is 6.56. The molecule has 0 spiro atoms. The Morgan fingerprint density at radius 1 is 0.950 bits per heavy atom. The van der Waals surface area contributed by atoms with Crippen LogP contribution >= 0.6 is 24.0 Å². The maximum absolute atomic E-state index is 12.6. The van der Waals surface area contributed by atoms with Crippen LogP contribution in [0.5, 0.6) is 0 Å². The molecular weight excluding hydrogens is 382 g/mol. The zero-order valence-electron chi connectivity index (χ0n) is 11.7. The van der Waals surface area contributed by atoms with E-state index in [1.165, 1.54) is 6.42 Å². The normalized spacial score (nSPS) is 28.3. The molecule has 2 fully saturated rings. The van der Waals surface area contributed by atoms with E-state index in [0.29, 0.717) is 18.9 Å². The van der Waals surface area contributed by atoms with Crippen molar-refractivity contribution in [2.45, 2.75) is 63.2 Å². The summed E-state index contributed by atoms with van der Waals surface area (Å²) in [6, 6.07) is 0.600. The summed E-state index contributed by atoms with van der Waals surface area (Å²) in [5.41, 5.74) is 0. The highest BCUT2D eigenvalue weighted by Gasteiger charge is 2.41. The lowest BCUT2D eigenvalue weighted by atomic mass is 9.85. The largest absolute Gasteiger partial charge is 0.391 e. The van der Waals surface area contributed by atoms with Crippen molar-refractivity contribution >= 4 is 29.9 Å². The monoisotopic (exact) mass is 405 g/mol. The lowest BCUT2D eigenvalue weighted by Gasteiger charge is -2.33. The van der Waals surface area contributed by atoms with Gasteiger partial charge in [0.25, 0.3) is 0 Å². The third kappa shape index (κ3) is 4.96. The number of nitrogens with zero attached hydrogens (tertiary/aromatic N) is 1. The maximum atomic E-state index is 12.6. The van der Waals surface area contributed by atoms with E-state index in [-0.39, 0.29) is 42.9 Å². The van der Waals surface area contributed by atoms with Crippen molar-refractivity contribution in [3.05, 3.63) is 0 Å². The van der Waals surface area contributed by atoms with Crippen LogP contribution in [0.2, 0.25) is 0 Å². The number of halogens is 4. The molecule has 0 aromatic heterocycles. The molecule has 0 aromatic carbocycles. The Kier molecular flexibility index (Phi) is 6.87. The molecule has 2 aliphatic rings. The van der Waals surface area contributed by atoms with Gasteiger partial charge in [-0.3, -0.25) is 4.99 Å². The SMILES string of the molecule is CN=C(NC1CCC1)NC1CCC(C(F)(F)F)CC1.I. The molecule has 118 valence electrons. The van der Waals surface area contributed by atoms with Crippen LogP contribution in [0.25, 0.3) is 0 Å². The standard InChI is InChI=1S/C13H22F3N3.HI/c1-17-12(18-10-3-2-4-10)19-11-7-5-9(6-8-11)13(14,15)16;/h9-11H,2-8H2,1H3,(H2,17,18,19);1H. The van der Waals surface area contributed by atoms with E-state index in [9.17, 15) is 13.2 Å². The van der Waals surface area contributed by atoms with Gasteiger partial charge < -0.3 is 10.6 Å². The first kappa shape index (κ1) is 17.8. The van der Waals surface area contributed by atoms with Gasteiger partial charge in [-0.1, -0.05) is 0 Å². The average molecular weight is 405 g/mol. The number of guanidine groups is 1. The molecule has 0 aliphatic heterocycles. The first-order valence-corrected chi connectivity index (χ1v) is 7.05. The second kappa shape index (κ2) is 7.70. The minimum Gasteiger partial charge on any atom is -0.354 e.